The van der Waals surface area contributed by atoms with Gasteiger partial charge in [0, 0.05) is 38.0 Å². The van der Waals surface area contributed by atoms with E-state index in [4.69, 9.17) is 15.2 Å². The van der Waals surface area contributed by atoms with E-state index in [0.29, 0.717) is 63.7 Å². The van der Waals surface area contributed by atoms with Crippen molar-refractivity contribution in [1.82, 2.24) is 9.62 Å². The molecule has 27 heavy (non-hydrogen) atoms. The van der Waals surface area contributed by atoms with Gasteiger partial charge in [0.1, 0.15) is 0 Å². The third-order valence-electron chi connectivity index (χ3n) is 4.86. The van der Waals surface area contributed by atoms with Crippen molar-refractivity contribution in [3.63, 3.8) is 0 Å². The van der Waals surface area contributed by atoms with Crippen molar-refractivity contribution in [2.75, 3.05) is 39.4 Å². The van der Waals surface area contributed by atoms with Gasteiger partial charge in [-0.15, -0.1) is 0 Å². The van der Waals surface area contributed by atoms with Crippen molar-refractivity contribution in [3.05, 3.63) is 18.2 Å². The van der Waals surface area contributed by atoms with Crippen molar-refractivity contribution in [2.24, 2.45) is 11.7 Å². The number of sulfonamides is 1. The Bertz CT molecular complexity index is 760. The Kier molecular flexibility index (Phi) is 6.56. The molecule has 0 spiro atoms. The lowest BCUT2D eigenvalue weighted by atomic mass is 9.97. The van der Waals surface area contributed by atoms with Gasteiger partial charge in [-0.05, 0) is 37.9 Å². The predicted octanol–water partition coefficient (Wildman–Crippen LogP) is 0.714. The number of nitrogens with zero attached hydrogens (tertiary/aromatic N) is 1. The van der Waals surface area contributed by atoms with Gasteiger partial charge in [-0.2, -0.15) is 4.31 Å². The number of fused-ring (bicyclic) bond motifs is 1. The summed E-state index contributed by atoms with van der Waals surface area (Å²) in [7, 11) is -3.63. The van der Waals surface area contributed by atoms with E-state index in [0.717, 1.165) is 12.8 Å². The van der Waals surface area contributed by atoms with Gasteiger partial charge in [0.15, 0.2) is 11.5 Å². The molecule has 0 aromatic heterocycles. The van der Waals surface area contributed by atoms with Crippen molar-refractivity contribution < 1.29 is 22.7 Å². The maximum absolute atomic E-state index is 13.0. The summed E-state index contributed by atoms with van der Waals surface area (Å²) in [6, 6.07) is 4.72. The lowest BCUT2D eigenvalue weighted by molar-refractivity contribution is -0.126. The van der Waals surface area contributed by atoms with E-state index in [2.05, 4.69) is 5.32 Å². The van der Waals surface area contributed by atoms with Crippen molar-refractivity contribution in [2.45, 2.75) is 30.6 Å². The summed E-state index contributed by atoms with van der Waals surface area (Å²) in [6.07, 6.45) is 2.52. The molecule has 8 nitrogen and oxygen atoms in total. The first-order valence-electron chi connectivity index (χ1n) is 9.40. The lowest BCUT2D eigenvalue weighted by Gasteiger charge is -2.30. The van der Waals surface area contributed by atoms with Crippen LogP contribution >= 0.6 is 0 Å². The third-order valence-corrected chi connectivity index (χ3v) is 6.76. The first-order chi connectivity index (χ1) is 13.0. The average molecular weight is 397 g/mol. The van der Waals surface area contributed by atoms with Crippen molar-refractivity contribution in [3.8, 4) is 11.5 Å². The average Bonchev–Trinajstić information content (AvgIpc) is 2.93. The minimum atomic E-state index is -3.63. The van der Waals surface area contributed by atoms with Gasteiger partial charge in [-0.3, -0.25) is 4.79 Å². The van der Waals surface area contributed by atoms with E-state index in [-0.39, 0.29) is 16.7 Å². The van der Waals surface area contributed by atoms with E-state index in [1.54, 1.807) is 12.1 Å². The number of hydrogen-bond acceptors (Lipinski definition) is 6. The van der Waals surface area contributed by atoms with Crippen LogP contribution in [0.25, 0.3) is 0 Å². The van der Waals surface area contributed by atoms with Gasteiger partial charge in [0.25, 0.3) is 0 Å². The fourth-order valence-corrected chi connectivity index (χ4v) is 4.76. The number of carbonyl (C=O) groups excluding carboxylic acids is 1. The standard InChI is InChI=1S/C18H27N3O5S/c19-7-1-8-20-18(22)14-5-9-21(10-6-14)27(23,24)15-3-4-16-17(13-15)26-12-2-11-25-16/h3-4,13-14H,1-2,5-12,19H2,(H,20,22). The quantitative estimate of drug-likeness (QED) is 0.684. The van der Waals surface area contributed by atoms with E-state index < -0.39 is 10.0 Å². The molecule has 1 saturated heterocycles. The SMILES string of the molecule is NCCCNC(=O)C1CCN(S(=O)(=O)c2ccc3c(c2)OCCCO3)CC1. The van der Waals surface area contributed by atoms with Crippen LogP contribution in [0.4, 0.5) is 0 Å². The molecule has 3 N–H and O–H groups in total. The number of nitrogens with one attached hydrogen (secondary N) is 1. The minimum Gasteiger partial charge on any atom is -0.490 e. The monoisotopic (exact) mass is 397 g/mol. The molecule has 3 rings (SSSR count). The molecule has 1 amide bonds. The van der Waals surface area contributed by atoms with E-state index in [9.17, 15) is 13.2 Å². The highest BCUT2D eigenvalue weighted by Gasteiger charge is 2.32. The van der Waals surface area contributed by atoms with Crippen LogP contribution in [-0.2, 0) is 14.8 Å². The molecule has 2 heterocycles. The summed E-state index contributed by atoms with van der Waals surface area (Å²) >= 11 is 0. The summed E-state index contributed by atoms with van der Waals surface area (Å²) in [5.41, 5.74) is 5.42. The highest BCUT2D eigenvalue weighted by atomic mass is 32.2. The largest absolute Gasteiger partial charge is 0.490 e. The van der Waals surface area contributed by atoms with Crippen LogP contribution < -0.4 is 20.5 Å². The molecule has 0 aliphatic carbocycles. The van der Waals surface area contributed by atoms with Crippen LogP contribution in [-0.4, -0.2) is 58.0 Å². The van der Waals surface area contributed by atoms with Crippen molar-refractivity contribution in [1.29, 1.82) is 0 Å². The van der Waals surface area contributed by atoms with Gasteiger partial charge in [0.05, 0.1) is 18.1 Å². The number of ether oxygens (including phenoxy) is 2. The minimum absolute atomic E-state index is 0.0175. The molecular formula is C18H27N3O5S. The molecule has 2 aliphatic heterocycles. The first-order valence-corrected chi connectivity index (χ1v) is 10.8. The Labute approximate surface area is 160 Å². The van der Waals surface area contributed by atoms with Crippen LogP contribution in [0.15, 0.2) is 23.1 Å². The van der Waals surface area contributed by atoms with Gasteiger partial charge >= 0.3 is 0 Å². The molecular weight excluding hydrogens is 370 g/mol. The van der Waals surface area contributed by atoms with Crippen molar-refractivity contribution >= 4 is 15.9 Å². The third kappa shape index (κ3) is 4.72. The second-order valence-corrected chi connectivity index (χ2v) is 8.71. The van der Waals surface area contributed by atoms with Gasteiger partial charge in [-0.1, -0.05) is 0 Å². The Balaban J connectivity index is 1.63. The Morgan fingerprint density at radius 3 is 2.59 bits per heavy atom. The van der Waals surface area contributed by atoms with Crippen LogP contribution in [0, 0.1) is 5.92 Å². The van der Waals surface area contributed by atoms with Crippen LogP contribution in [0.1, 0.15) is 25.7 Å². The molecule has 0 radical (unpaired) electrons. The maximum atomic E-state index is 13.0. The highest BCUT2D eigenvalue weighted by Crippen LogP contribution is 2.33. The summed E-state index contributed by atoms with van der Waals surface area (Å²) in [4.78, 5) is 12.3. The lowest BCUT2D eigenvalue weighted by Crippen LogP contribution is -2.43. The molecule has 1 aromatic rings. The summed E-state index contributed by atoms with van der Waals surface area (Å²) in [6.45, 7) is 2.80. The fourth-order valence-electron chi connectivity index (χ4n) is 3.27. The van der Waals surface area contributed by atoms with Gasteiger partial charge < -0.3 is 20.5 Å². The second kappa shape index (κ2) is 8.90. The molecule has 2 aliphatic rings. The number of nitrogens with two attached hydrogens (primary N) is 1. The maximum Gasteiger partial charge on any atom is 0.243 e. The smallest absolute Gasteiger partial charge is 0.243 e. The first kappa shape index (κ1) is 19.9. The number of piperidine rings is 1. The summed E-state index contributed by atoms with van der Waals surface area (Å²) in [5.74, 6) is 0.858. The number of carbonyl (C=O) groups is 1. The van der Waals surface area contributed by atoms with E-state index >= 15 is 0 Å². The van der Waals surface area contributed by atoms with Crippen LogP contribution in [0.2, 0.25) is 0 Å². The molecule has 150 valence electrons. The summed E-state index contributed by atoms with van der Waals surface area (Å²) in [5, 5.41) is 2.86. The fraction of sp³-hybridized carbons (Fsp3) is 0.611. The number of benzene rings is 1. The van der Waals surface area contributed by atoms with Crippen LogP contribution in [0.5, 0.6) is 11.5 Å². The number of hydrogen-bond donors (Lipinski definition) is 2. The zero-order chi connectivity index (χ0) is 19.3. The molecule has 0 saturated carbocycles. The Hall–Kier alpha value is -1.84. The van der Waals surface area contributed by atoms with Crippen LogP contribution in [0.3, 0.4) is 0 Å². The molecule has 0 unspecified atom stereocenters. The predicted molar refractivity (Wildman–Crippen MR) is 100 cm³/mol. The molecule has 1 aromatic carbocycles. The molecule has 0 bridgehead atoms. The zero-order valence-corrected chi connectivity index (χ0v) is 16.2. The van der Waals surface area contributed by atoms with E-state index in [1.165, 1.54) is 10.4 Å². The highest BCUT2D eigenvalue weighted by molar-refractivity contribution is 7.89. The number of rotatable bonds is 6. The normalized spacial score (nSPS) is 18.7. The molecule has 0 atom stereocenters. The van der Waals surface area contributed by atoms with Gasteiger partial charge in [-0.25, -0.2) is 8.42 Å². The molecule has 1 fully saturated rings. The van der Waals surface area contributed by atoms with Gasteiger partial charge in [0.2, 0.25) is 15.9 Å². The topological polar surface area (TPSA) is 111 Å². The van der Waals surface area contributed by atoms with E-state index in [1.807, 2.05) is 0 Å². The zero-order valence-electron chi connectivity index (χ0n) is 15.4. The molecule has 9 heteroatoms. The summed E-state index contributed by atoms with van der Waals surface area (Å²) < 4.78 is 38.5. The Morgan fingerprint density at radius 1 is 1.19 bits per heavy atom. The number of amides is 1. The second-order valence-electron chi connectivity index (χ2n) is 6.77. The Morgan fingerprint density at radius 2 is 1.89 bits per heavy atom.